The first-order valence-electron chi connectivity index (χ1n) is 7.62. The zero-order valence-electron chi connectivity index (χ0n) is 12.9. The van der Waals surface area contributed by atoms with Crippen molar-refractivity contribution in [3.8, 4) is 11.5 Å². The largest absolute Gasteiger partial charge is 0.381 e. The number of rotatable bonds is 3. The van der Waals surface area contributed by atoms with Crippen molar-refractivity contribution in [3.63, 3.8) is 0 Å². The Labute approximate surface area is 128 Å². The van der Waals surface area contributed by atoms with Crippen molar-refractivity contribution in [2.24, 2.45) is 13.0 Å². The number of aromatic nitrogens is 5. The van der Waals surface area contributed by atoms with Gasteiger partial charge in [0.05, 0.1) is 23.8 Å². The van der Waals surface area contributed by atoms with Crippen LogP contribution in [0.2, 0.25) is 0 Å². The monoisotopic (exact) mass is 297 g/mol. The molecule has 3 aromatic rings. The number of fused-ring (bicyclic) bond motifs is 1. The van der Waals surface area contributed by atoms with Gasteiger partial charge in [-0.25, -0.2) is 4.98 Å². The van der Waals surface area contributed by atoms with E-state index in [-0.39, 0.29) is 0 Å². The van der Waals surface area contributed by atoms with Gasteiger partial charge in [0.1, 0.15) is 5.69 Å². The van der Waals surface area contributed by atoms with Crippen LogP contribution in [-0.2, 0) is 18.3 Å². The molecule has 1 unspecified atom stereocenters. The van der Waals surface area contributed by atoms with Crippen LogP contribution in [0.25, 0.3) is 22.6 Å². The van der Waals surface area contributed by atoms with E-state index in [2.05, 4.69) is 27.9 Å². The second-order valence-electron chi connectivity index (χ2n) is 5.99. The molecule has 0 aliphatic carbocycles. The number of hydrogen-bond acceptors (Lipinski definition) is 4. The first-order valence-corrected chi connectivity index (χ1v) is 7.62. The van der Waals surface area contributed by atoms with E-state index in [0.717, 1.165) is 48.7 Å². The third kappa shape index (κ3) is 2.20. The molecule has 6 heteroatoms. The van der Waals surface area contributed by atoms with Crippen LogP contribution in [0.15, 0.2) is 24.4 Å². The Bertz CT molecular complexity index is 813. The lowest BCUT2D eigenvalue weighted by atomic mass is 10.1. The van der Waals surface area contributed by atoms with Crippen LogP contribution in [0.1, 0.15) is 12.0 Å². The van der Waals surface area contributed by atoms with Gasteiger partial charge in [-0.15, -0.1) is 5.10 Å². The number of hydrogen-bond donors (Lipinski definition) is 0. The summed E-state index contributed by atoms with van der Waals surface area (Å²) in [4.78, 5) is 4.71. The molecule has 1 fully saturated rings. The number of nitrogens with zero attached hydrogens (tertiary/aromatic N) is 5. The number of benzene rings is 1. The highest BCUT2D eigenvalue weighted by atomic mass is 16.5. The summed E-state index contributed by atoms with van der Waals surface area (Å²) in [6.07, 6.45) is 3.08. The SMILES string of the molecule is Cc1cccc2nc(-c3cn(CC4CCOC4)nn3)n(C)c12. The third-order valence-electron chi connectivity index (χ3n) is 4.33. The summed E-state index contributed by atoms with van der Waals surface area (Å²) >= 11 is 0. The molecule has 0 amide bonds. The smallest absolute Gasteiger partial charge is 0.163 e. The molecule has 0 bridgehead atoms. The average molecular weight is 297 g/mol. The maximum atomic E-state index is 5.41. The van der Waals surface area contributed by atoms with Gasteiger partial charge in [-0.05, 0) is 25.0 Å². The third-order valence-corrected chi connectivity index (χ3v) is 4.33. The van der Waals surface area contributed by atoms with Gasteiger partial charge in [0.15, 0.2) is 5.82 Å². The Morgan fingerprint density at radius 2 is 2.27 bits per heavy atom. The van der Waals surface area contributed by atoms with E-state index in [0.29, 0.717) is 5.92 Å². The van der Waals surface area contributed by atoms with Gasteiger partial charge in [0, 0.05) is 26.1 Å². The summed E-state index contributed by atoms with van der Waals surface area (Å²) in [5, 5.41) is 8.55. The molecule has 4 rings (SSSR count). The van der Waals surface area contributed by atoms with Crippen LogP contribution in [-0.4, -0.2) is 37.8 Å². The lowest BCUT2D eigenvalue weighted by Crippen LogP contribution is -2.11. The fourth-order valence-corrected chi connectivity index (χ4v) is 3.18. The summed E-state index contributed by atoms with van der Waals surface area (Å²) < 4.78 is 9.41. The summed E-state index contributed by atoms with van der Waals surface area (Å²) in [5.41, 5.74) is 4.18. The van der Waals surface area contributed by atoms with E-state index in [1.54, 1.807) is 0 Å². The Hall–Kier alpha value is -2.21. The van der Waals surface area contributed by atoms with Crippen LogP contribution in [0.5, 0.6) is 0 Å². The molecule has 114 valence electrons. The minimum absolute atomic E-state index is 0.539. The second-order valence-corrected chi connectivity index (χ2v) is 5.99. The van der Waals surface area contributed by atoms with E-state index >= 15 is 0 Å². The summed E-state index contributed by atoms with van der Waals surface area (Å²) in [6.45, 7) is 4.64. The topological polar surface area (TPSA) is 57.8 Å². The van der Waals surface area contributed by atoms with E-state index in [9.17, 15) is 0 Å². The van der Waals surface area contributed by atoms with E-state index < -0.39 is 0 Å². The Balaban J connectivity index is 1.68. The van der Waals surface area contributed by atoms with Crippen LogP contribution in [0.3, 0.4) is 0 Å². The van der Waals surface area contributed by atoms with Gasteiger partial charge in [0.25, 0.3) is 0 Å². The molecule has 0 spiro atoms. The van der Waals surface area contributed by atoms with E-state index in [4.69, 9.17) is 9.72 Å². The fraction of sp³-hybridized carbons (Fsp3) is 0.438. The molecule has 1 aromatic carbocycles. The van der Waals surface area contributed by atoms with Crippen molar-refractivity contribution >= 4 is 11.0 Å². The first-order chi connectivity index (χ1) is 10.7. The predicted molar refractivity (Wildman–Crippen MR) is 83.4 cm³/mol. The van der Waals surface area contributed by atoms with Crippen LogP contribution in [0, 0.1) is 12.8 Å². The van der Waals surface area contributed by atoms with Gasteiger partial charge in [0.2, 0.25) is 0 Å². The Morgan fingerprint density at radius 1 is 1.36 bits per heavy atom. The van der Waals surface area contributed by atoms with Gasteiger partial charge < -0.3 is 9.30 Å². The minimum atomic E-state index is 0.539. The molecule has 0 N–H and O–H groups in total. The normalized spacial score (nSPS) is 18.4. The zero-order valence-corrected chi connectivity index (χ0v) is 12.9. The Morgan fingerprint density at radius 3 is 3.05 bits per heavy atom. The minimum Gasteiger partial charge on any atom is -0.381 e. The summed E-state index contributed by atoms with van der Waals surface area (Å²) in [6, 6.07) is 6.17. The number of para-hydroxylation sites is 1. The van der Waals surface area contributed by atoms with E-state index in [1.807, 2.05) is 30.1 Å². The van der Waals surface area contributed by atoms with Crippen molar-refractivity contribution < 1.29 is 4.74 Å². The molecule has 3 heterocycles. The molecule has 6 nitrogen and oxygen atoms in total. The lowest BCUT2D eigenvalue weighted by Gasteiger charge is -2.05. The molecule has 1 atom stereocenters. The molecule has 22 heavy (non-hydrogen) atoms. The molecule has 2 aromatic heterocycles. The summed E-state index contributed by atoms with van der Waals surface area (Å²) in [7, 11) is 2.03. The van der Waals surface area contributed by atoms with Crippen LogP contribution < -0.4 is 0 Å². The molecular weight excluding hydrogens is 278 g/mol. The van der Waals surface area contributed by atoms with Crippen molar-refractivity contribution in [1.82, 2.24) is 24.5 Å². The highest BCUT2D eigenvalue weighted by molar-refractivity contribution is 5.82. The van der Waals surface area contributed by atoms with E-state index in [1.165, 1.54) is 5.56 Å². The standard InChI is InChI=1S/C16H19N5O/c1-11-4-3-5-13-15(11)20(2)16(17-13)14-9-21(19-18-14)8-12-6-7-22-10-12/h3-5,9,12H,6-8,10H2,1-2H3. The first kappa shape index (κ1) is 13.5. The van der Waals surface area contributed by atoms with Crippen molar-refractivity contribution in [1.29, 1.82) is 0 Å². The average Bonchev–Trinajstić information content (AvgIpc) is 3.21. The van der Waals surface area contributed by atoms with Gasteiger partial charge in [-0.2, -0.15) is 0 Å². The molecule has 1 aliphatic heterocycles. The fourth-order valence-electron chi connectivity index (χ4n) is 3.18. The predicted octanol–water partition coefficient (Wildman–Crippen LogP) is 2.18. The highest BCUT2D eigenvalue weighted by Crippen LogP contribution is 2.24. The van der Waals surface area contributed by atoms with Crippen molar-refractivity contribution in [3.05, 3.63) is 30.0 Å². The molecule has 1 saturated heterocycles. The highest BCUT2D eigenvalue weighted by Gasteiger charge is 2.18. The summed E-state index contributed by atoms with van der Waals surface area (Å²) in [5.74, 6) is 1.40. The van der Waals surface area contributed by atoms with Gasteiger partial charge in [-0.3, -0.25) is 4.68 Å². The molecular formula is C16H19N5O. The quantitative estimate of drug-likeness (QED) is 0.743. The lowest BCUT2D eigenvalue weighted by molar-refractivity contribution is 0.181. The van der Waals surface area contributed by atoms with Gasteiger partial charge in [-0.1, -0.05) is 17.3 Å². The zero-order chi connectivity index (χ0) is 15.1. The number of ether oxygens (including phenoxy) is 1. The van der Waals surface area contributed by atoms with Crippen LogP contribution in [0.4, 0.5) is 0 Å². The molecule has 1 aliphatic rings. The number of aryl methyl sites for hydroxylation is 2. The van der Waals surface area contributed by atoms with Crippen molar-refractivity contribution in [2.45, 2.75) is 19.9 Å². The maximum Gasteiger partial charge on any atom is 0.163 e. The van der Waals surface area contributed by atoms with Gasteiger partial charge >= 0.3 is 0 Å². The van der Waals surface area contributed by atoms with Crippen LogP contribution >= 0.6 is 0 Å². The molecule has 0 radical (unpaired) electrons. The maximum absolute atomic E-state index is 5.41. The number of imidazole rings is 1. The molecule has 0 saturated carbocycles. The second kappa shape index (κ2) is 5.21. The Kier molecular flexibility index (Phi) is 3.18. The van der Waals surface area contributed by atoms with Crippen molar-refractivity contribution in [2.75, 3.05) is 13.2 Å².